The Morgan fingerprint density at radius 1 is 0.391 bits per heavy atom. The molecule has 0 saturated carbocycles. The van der Waals surface area contributed by atoms with E-state index >= 15 is 0 Å². The van der Waals surface area contributed by atoms with E-state index in [-0.39, 0.29) is 78.4 Å². The molecule has 532 valence electrons. The maximum Gasteiger partial charge on any atom is 1.00 e. The van der Waals surface area contributed by atoms with Crippen molar-refractivity contribution in [1.82, 2.24) is 0 Å². The molecule has 0 aliphatic carbocycles. The molecule has 0 spiro atoms. The Bertz CT molecular complexity index is 1850. The molecule has 0 atom stereocenters. The average molecular weight is 1710 g/mol. The number of rotatable bonds is 26. The van der Waals surface area contributed by atoms with E-state index in [2.05, 4.69) is 32.8 Å². The van der Waals surface area contributed by atoms with Crippen LogP contribution in [0.4, 0.5) is 158 Å². The maximum absolute atomic E-state index is 13.3. The van der Waals surface area contributed by atoms with Crippen LogP contribution in [0.2, 0.25) is 89.6 Å². The summed E-state index contributed by atoms with van der Waals surface area (Å²) in [5.74, 6) is -99.2. The van der Waals surface area contributed by atoms with Crippen LogP contribution < -0.4 is 18.9 Å². The number of hydrogen-bond acceptors (Lipinski definition) is 0. The molecule has 0 radical (unpaired) electrons. The minimum atomic E-state index is -7.22. The molecule has 0 aliphatic heterocycles. The SMILES string of the molecule is C=CC(F)(F)C(F)(F)C(F)(F)C(F)(F)C(F)(F)CF.C=CF.C[SiH](C)CCC(F)(F)C(F)(F)C(F)(F)C(F)(F)C(F)(F)CF.C[SiH](C)CCF.C[SiH](C)Cl.C[Si](C)(Cl)CCC(F)(F)C(F)(F)C(F)(F)C(F)(F)C(F)(F)CF.C[Si](C)(Cl)CCF.[AlH3].[H-].[Li+].[Pt]. The van der Waals surface area contributed by atoms with E-state index in [0.717, 1.165) is 6.04 Å². The van der Waals surface area contributed by atoms with Crippen LogP contribution in [0.15, 0.2) is 25.6 Å². The molecule has 0 N–H and O–H groups in total. The van der Waals surface area contributed by atoms with Crippen molar-refractivity contribution in [1.29, 1.82) is 0 Å². The molecule has 0 saturated heterocycles. The number of allylic oxidation sites excluding steroid dienone is 1. The molecule has 0 unspecified atom stereocenters. The van der Waals surface area contributed by atoms with Gasteiger partial charge in [0, 0.05) is 51.5 Å². The first-order chi connectivity index (χ1) is 36.3. The first-order valence-electron chi connectivity index (χ1n) is 22.7. The first kappa shape index (κ1) is 109. The first-order valence-corrected chi connectivity index (χ1v) is 41.4. The third-order valence-electron chi connectivity index (χ3n) is 9.29. The molecule has 0 bridgehead atoms. The van der Waals surface area contributed by atoms with Gasteiger partial charge in [0.25, 0.3) is 0 Å². The van der Waals surface area contributed by atoms with Gasteiger partial charge in [-0.15, -0.1) is 0 Å². The molecule has 0 aromatic rings. The van der Waals surface area contributed by atoms with Crippen molar-refractivity contribution in [2.75, 3.05) is 33.4 Å². The molecule has 47 heteroatoms. The largest absolute Gasteiger partial charge is 1.00 e. The molecular formula is C40H65AlCl3F36LiPtSi5. The van der Waals surface area contributed by atoms with E-state index in [9.17, 15) is 158 Å². The molecule has 0 aromatic carbocycles. The maximum atomic E-state index is 13.3. The van der Waals surface area contributed by atoms with E-state index in [0.29, 0.717) is 6.04 Å². The fraction of sp³-hybridized carbons (Fsp3) is 0.900. The summed E-state index contributed by atoms with van der Waals surface area (Å²) in [4.78, 5) is 0. The van der Waals surface area contributed by atoms with Crippen LogP contribution >= 0.6 is 33.2 Å². The van der Waals surface area contributed by atoms with E-state index < -0.39 is 180 Å². The Balaban J connectivity index is -0.0000000951. The van der Waals surface area contributed by atoms with Crippen molar-refractivity contribution in [3.05, 3.63) is 25.6 Å². The second-order valence-electron chi connectivity index (χ2n) is 19.3. The van der Waals surface area contributed by atoms with E-state index in [1.807, 2.05) is 19.7 Å². The number of halogens is 39. The summed E-state index contributed by atoms with van der Waals surface area (Å²) in [6, 6.07) is -0.0589. The summed E-state index contributed by atoms with van der Waals surface area (Å²) in [5.41, 5.74) is 0. The van der Waals surface area contributed by atoms with Gasteiger partial charge in [-0.25, -0.2) is 17.6 Å². The Morgan fingerprint density at radius 3 is 0.747 bits per heavy atom. The monoisotopic (exact) mass is 1700 g/mol. The molecule has 0 amide bonds. The van der Waals surface area contributed by atoms with Crippen LogP contribution in [0.25, 0.3) is 0 Å². The van der Waals surface area contributed by atoms with Gasteiger partial charge < -0.3 is 1.43 Å². The molecule has 0 nitrogen and oxygen atoms in total. The minimum absolute atomic E-state index is 0. The molecular weight excluding hydrogens is 1640 g/mol. The van der Waals surface area contributed by atoms with Crippen LogP contribution in [0.5, 0.6) is 0 Å². The summed E-state index contributed by atoms with van der Waals surface area (Å²) in [6.45, 7) is 11.6. The second kappa shape index (κ2) is 41.0. The van der Waals surface area contributed by atoms with Gasteiger partial charge >= 0.3 is 108 Å². The molecule has 0 aromatic heterocycles. The van der Waals surface area contributed by atoms with E-state index in [1.165, 1.54) is 26.2 Å². The molecule has 0 rings (SSSR count). The average Bonchev–Trinajstić information content (AvgIpc) is 3.29. The van der Waals surface area contributed by atoms with Crippen LogP contribution in [-0.2, 0) is 21.1 Å². The van der Waals surface area contributed by atoms with Crippen molar-refractivity contribution in [2.24, 2.45) is 0 Å². The third kappa shape index (κ3) is 31.4. The summed E-state index contributed by atoms with van der Waals surface area (Å²) in [5, 5.41) is 0. The number of hydrogen-bond donors (Lipinski definition) is 0. The van der Waals surface area contributed by atoms with Crippen molar-refractivity contribution >= 4 is 91.1 Å². The van der Waals surface area contributed by atoms with Gasteiger partial charge in [0.15, 0.2) is 52.2 Å². The van der Waals surface area contributed by atoms with Gasteiger partial charge in [-0.05, 0) is 24.2 Å². The summed E-state index contributed by atoms with van der Waals surface area (Å²) in [7, 11) is -7.68. The summed E-state index contributed by atoms with van der Waals surface area (Å²) < 4.78 is 453. The predicted molar refractivity (Wildman–Crippen MR) is 274 cm³/mol. The van der Waals surface area contributed by atoms with E-state index in [4.69, 9.17) is 33.2 Å². The zero-order valence-corrected chi connectivity index (χ0v) is 56.6. The van der Waals surface area contributed by atoms with Gasteiger partial charge in [0.05, 0.1) is 19.7 Å². The van der Waals surface area contributed by atoms with Gasteiger partial charge in [-0.2, -0.15) is 165 Å². The molecule has 0 heterocycles. The molecule has 0 fully saturated rings. The zero-order chi connectivity index (χ0) is 70.4. The number of alkyl halides is 35. The Morgan fingerprint density at radius 2 is 0.598 bits per heavy atom. The Kier molecular flexibility index (Phi) is 51.4. The fourth-order valence-corrected chi connectivity index (χ4v) is 7.24. The standard InChI is InChI=1S/C10H12ClF11Si.C10H13F11Si.C8H5F11.C4H10ClFSi.C4H11FSi.C2H7ClSi.C2H3F.Al.Li.Pt.4H/c1-23(2,11)4-3-6(13,14)8(17,18)10(21,22)9(19,20)7(15,16)5-12;1-22(2)4-3-6(12,13)8(16,17)10(20,21)9(18,19)7(14,15)5-11;1-2-4(10,11)6(14,15)8(18,19)7(16,17)5(12,13)3-9;1-7(2,5)4-3-6;1-6(2)4-3-5;1-4(2)3;1-2-3;;;;;;;/h3-5H2,1-2H3;22H,3-5H2,1-2H3;2H,1,3H2;3-4H2,1-2H3;6H,3-4H2,1-2H3;4H,1-2H3;2H,1H2;;;;;;;/q;;;;;;;;+1;;;;;-1. The van der Waals surface area contributed by atoms with Gasteiger partial charge in [-0.1, -0.05) is 84.7 Å². The van der Waals surface area contributed by atoms with Gasteiger partial charge in [-0.3, -0.25) is 8.78 Å². The normalized spacial score (nSPS) is 13.7. The van der Waals surface area contributed by atoms with Crippen molar-refractivity contribution in [3.8, 4) is 0 Å². The van der Waals surface area contributed by atoms with E-state index in [1.54, 1.807) is 0 Å². The quantitative estimate of drug-likeness (QED) is 0.0350. The Labute approximate surface area is 537 Å². The van der Waals surface area contributed by atoms with Gasteiger partial charge in [0.2, 0.25) is 0 Å². The third-order valence-corrected chi connectivity index (χ3v) is 16.1. The second-order valence-corrected chi connectivity index (χ2v) is 44.7. The summed E-state index contributed by atoms with van der Waals surface area (Å²) >= 11 is 16.7. The zero-order valence-electron chi connectivity index (χ0n) is 47.6. The minimum Gasteiger partial charge on any atom is -1.00 e. The Hall–Kier alpha value is 0.733. The van der Waals surface area contributed by atoms with Crippen LogP contribution in [0.3, 0.4) is 0 Å². The molecule has 87 heavy (non-hydrogen) atoms. The molecule has 0 aliphatic rings. The van der Waals surface area contributed by atoms with Crippen molar-refractivity contribution in [3.63, 3.8) is 0 Å². The topological polar surface area (TPSA) is 0 Å². The van der Waals surface area contributed by atoms with Crippen LogP contribution in [0, 0.1) is 0 Å². The van der Waals surface area contributed by atoms with Gasteiger partial charge in [0.1, 0.15) is 8.11 Å². The van der Waals surface area contributed by atoms with Crippen molar-refractivity contribution in [2.45, 2.75) is 191 Å². The van der Waals surface area contributed by atoms with Crippen LogP contribution in [-0.4, -0.2) is 180 Å². The smallest absolute Gasteiger partial charge is 1.00 e. The van der Waals surface area contributed by atoms with Crippen molar-refractivity contribution < 1.29 is 199 Å². The van der Waals surface area contributed by atoms with Crippen LogP contribution in [0.1, 0.15) is 14.3 Å². The fourth-order valence-electron chi connectivity index (χ4n) is 4.01. The summed E-state index contributed by atoms with van der Waals surface area (Å²) in [6.07, 6.45) is -4.74. The predicted octanol–water partition coefficient (Wildman–Crippen LogP) is 17.4.